The molecule has 0 unspecified atom stereocenters. The summed E-state index contributed by atoms with van der Waals surface area (Å²) in [6.45, 7) is 4.55. The smallest absolute Gasteiger partial charge is 0.103 e. The van der Waals surface area contributed by atoms with Crippen molar-refractivity contribution in [2.75, 3.05) is 6.61 Å². The summed E-state index contributed by atoms with van der Waals surface area (Å²) in [5.74, 6) is 0. The van der Waals surface area contributed by atoms with Gasteiger partial charge < -0.3 is 5.11 Å². The highest BCUT2D eigenvalue weighted by Crippen LogP contribution is 2.35. The van der Waals surface area contributed by atoms with Gasteiger partial charge in [-0.2, -0.15) is 0 Å². The molecule has 2 aromatic carbocycles. The Bertz CT molecular complexity index is 699. The maximum atomic E-state index is 10.3. The van der Waals surface area contributed by atoms with Crippen LogP contribution in [0.3, 0.4) is 0 Å². The summed E-state index contributed by atoms with van der Waals surface area (Å²) < 4.78 is 0. The Balaban J connectivity index is 2.00. The molecule has 3 atom stereocenters. The highest BCUT2D eigenvalue weighted by Gasteiger charge is 2.40. The highest BCUT2D eigenvalue weighted by molar-refractivity contribution is 6.05. The van der Waals surface area contributed by atoms with Gasteiger partial charge in [-0.1, -0.05) is 87.4 Å². The molecule has 0 fully saturated rings. The summed E-state index contributed by atoms with van der Waals surface area (Å²) in [4.78, 5) is 7.62. The van der Waals surface area contributed by atoms with Crippen molar-refractivity contribution in [3.8, 4) is 0 Å². The van der Waals surface area contributed by atoms with Gasteiger partial charge in [-0.05, 0) is 24.0 Å². The molecule has 3 rings (SSSR count). The Morgan fingerprint density at radius 1 is 0.923 bits per heavy atom. The van der Waals surface area contributed by atoms with Crippen molar-refractivity contribution in [1.29, 1.82) is 0 Å². The Morgan fingerprint density at radius 3 is 2.12 bits per heavy atom. The molecule has 0 saturated heterocycles. The van der Waals surface area contributed by atoms with Gasteiger partial charge in [0.25, 0.3) is 0 Å². The van der Waals surface area contributed by atoms with E-state index in [-0.39, 0.29) is 24.9 Å². The molecule has 3 nitrogen and oxygen atoms in total. The molecule has 2 aromatic rings. The maximum absolute atomic E-state index is 10.3. The van der Waals surface area contributed by atoms with E-state index in [0.717, 1.165) is 25.7 Å². The van der Waals surface area contributed by atoms with E-state index in [1.54, 1.807) is 0 Å². The van der Waals surface area contributed by atoms with Crippen LogP contribution in [0.2, 0.25) is 0 Å². The zero-order valence-corrected chi connectivity index (χ0v) is 15.9. The number of hydrogen-bond donors (Lipinski definition) is 1. The number of hydrogen-bond acceptors (Lipinski definition) is 3. The zero-order chi connectivity index (χ0) is 18.4. The van der Waals surface area contributed by atoms with E-state index in [2.05, 4.69) is 73.3 Å². The van der Waals surface area contributed by atoms with Crippen LogP contribution in [0.25, 0.3) is 0 Å². The van der Waals surface area contributed by atoms with E-state index >= 15 is 0 Å². The lowest BCUT2D eigenvalue weighted by atomic mass is 9.96. The van der Waals surface area contributed by atoms with E-state index in [4.69, 9.17) is 4.99 Å². The highest BCUT2D eigenvalue weighted by atomic mass is 16.3. The Kier molecular flexibility index (Phi) is 6.59. The number of benzene rings is 2. The molecule has 138 valence electrons. The molecule has 0 spiro atoms. The summed E-state index contributed by atoms with van der Waals surface area (Å²) >= 11 is 0. The minimum absolute atomic E-state index is 0.0192. The second-order valence-electron chi connectivity index (χ2n) is 7.01. The van der Waals surface area contributed by atoms with Gasteiger partial charge in [-0.25, -0.2) is 0 Å². The van der Waals surface area contributed by atoms with E-state index < -0.39 is 0 Å². The topological polar surface area (TPSA) is 35.8 Å². The van der Waals surface area contributed by atoms with E-state index in [1.165, 1.54) is 16.8 Å². The van der Waals surface area contributed by atoms with Crippen LogP contribution in [0.15, 0.2) is 65.7 Å². The van der Waals surface area contributed by atoms with Gasteiger partial charge in [0.1, 0.15) is 6.17 Å². The van der Waals surface area contributed by atoms with Gasteiger partial charge >= 0.3 is 0 Å². The second-order valence-corrected chi connectivity index (χ2v) is 7.01. The molecule has 0 bridgehead atoms. The van der Waals surface area contributed by atoms with Crippen molar-refractivity contribution in [2.24, 2.45) is 4.99 Å². The molecule has 26 heavy (non-hydrogen) atoms. The number of aliphatic imine (C=N–C) groups is 1. The standard InChI is InChI=1S/C23H30N2O/c1-3-11-20-23(19-15-9-6-10-16-19)24-22(12-4-2)25(20)21(17-26)18-13-7-5-8-14-18/h5-10,13-16,20-22,26H,3-4,11-12,17H2,1-2H3/t20-,21+,22-/m1/s1. The number of nitrogens with zero attached hydrogens (tertiary/aromatic N) is 2. The molecule has 3 heteroatoms. The van der Waals surface area contributed by atoms with Crippen molar-refractivity contribution in [2.45, 2.75) is 57.8 Å². The molecular formula is C23H30N2O. The molecule has 0 amide bonds. The van der Waals surface area contributed by atoms with Gasteiger partial charge in [0.05, 0.1) is 24.4 Å². The first-order valence-corrected chi connectivity index (χ1v) is 9.86. The fourth-order valence-corrected chi connectivity index (χ4v) is 4.04. The maximum Gasteiger partial charge on any atom is 0.103 e. The fraction of sp³-hybridized carbons (Fsp3) is 0.435. The minimum Gasteiger partial charge on any atom is -0.394 e. The first-order chi connectivity index (χ1) is 12.8. The van der Waals surface area contributed by atoms with Crippen LogP contribution in [-0.4, -0.2) is 34.5 Å². The molecule has 1 N–H and O–H groups in total. The van der Waals surface area contributed by atoms with Crippen LogP contribution in [0.5, 0.6) is 0 Å². The predicted octanol–water partition coefficient (Wildman–Crippen LogP) is 4.82. The van der Waals surface area contributed by atoms with Crippen molar-refractivity contribution >= 4 is 5.71 Å². The van der Waals surface area contributed by atoms with Gasteiger partial charge in [-0.3, -0.25) is 9.89 Å². The van der Waals surface area contributed by atoms with E-state index in [1.807, 2.05) is 6.07 Å². The average Bonchev–Trinajstić information content (AvgIpc) is 3.03. The molecule has 1 aliphatic rings. The third-order valence-electron chi connectivity index (χ3n) is 5.20. The predicted molar refractivity (Wildman–Crippen MR) is 108 cm³/mol. The van der Waals surface area contributed by atoms with Gasteiger partial charge in [0.15, 0.2) is 0 Å². The Labute approximate surface area is 157 Å². The zero-order valence-electron chi connectivity index (χ0n) is 15.9. The van der Waals surface area contributed by atoms with Gasteiger partial charge in [0, 0.05) is 0 Å². The Morgan fingerprint density at radius 2 is 1.54 bits per heavy atom. The van der Waals surface area contributed by atoms with E-state index in [9.17, 15) is 5.11 Å². The summed E-state index contributed by atoms with van der Waals surface area (Å²) in [5.41, 5.74) is 3.56. The first kappa shape index (κ1) is 18.8. The number of rotatable bonds is 8. The fourth-order valence-electron chi connectivity index (χ4n) is 4.04. The number of aliphatic hydroxyl groups is 1. The third-order valence-corrected chi connectivity index (χ3v) is 5.20. The van der Waals surface area contributed by atoms with Crippen LogP contribution in [0.4, 0.5) is 0 Å². The number of aliphatic hydroxyl groups excluding tert-OH is 1. The lowest BCUT2D eigenvalue weighted by Crippen LogP contribution is -2.44. The quantitative estimate of drug-likeness (QED) is 0.741. The molecule has 1 heterocycles. The van der Waals surface area contributed by atoms with Crippen LogP contribution >= 0.6 is 0 Å². The van der Waals surface area contributed by atoms with Crippen LogP contribution in [-0.2, 0) is 0 Å². The van der Waals surface area contributed by atoms with Gasteiger partial charge in [0.2, 0.25) is 0 Å². The van der Waals surface area contributed by atoms with Crippen LogP contribution in [0.1, 0.15) is 56.7 Å². The minimum atomic E-state index is -0.0192. The van der Waals surface area contributed by atoms with Gasteiger partial charge in [-0.15, -0.1) is 0 Å². The molecule has 0 aromatic heterocycles. The molecule has 0 aliphatic carbocycles. The second kappa shape index (κ2) is 9.11. The van der Waals surface area contributed by atoms with Crippen LogP contribution < -0.4 is 0 Å². The normalized spacial score (nSPS) is 21.6. The van der Waals surface area contributed by atoms with E-state index in [0.29, 0.717) is 0 Å². The van der Waals surface area contributed by atoms with Crippen molar-refractivity contribution in [1.82, 2.24) is 4.90 Å². The summed E-state index contributed by atoms with van der Waals surface area (Å²) in [6.07, 6.45) is 4.37. The summed E-state index contributed by atoms with van der Waals surface area (Å²) in [5, 5.41) is 10.3. The Hall–Kier alpha value is -1.97. The first-order valence-electron chi connectivity index (χ1n) is 9.86. The molecule has 0 saturated carbocycles. The van der Waals surface area contributed by atoms with Crippen LogP contribution in [0, 0.1) is 0 Å². The SMILES string of the molecule is CCC[C@@H]1N=C(c2ccccc2)[C@@H](CCC)N1[C@@H](CO)c1ccccc1. The lowest BCUT2D eigenvalue weighted by Gasteiger charge is -2.36. The largest absolute Gasteiger partial charge is 0.394 e. The molecule has 0 radical (unpaired) electrons. The monoisotopic (exact) mass is 350 g/mol. The molecular weight excluding hydrogens is 320 g/mol. The van der Waals surface area contributed by atoms with Crippen molar-refractivity contribution < 1.29 is 5.11 Å². The summed E-state index contributed by atoms with van der Waals surface area (Å²) in [6, 6.07) is 21.1. The summed E-state index contributed by atoms with van der Waals surface area (Å²) in [7, 11) is 0. The lowest BCUT2D eigenvalue weighted by molar-refractivity contribution is 0.0730. The van der Waals surface area contributed by atoms with Crippen molar-refractivity contribution in [3.63, 3.8) is 0 Å². The average molecular weight is 351 g/mol. The van der Waals surface area contributed by atoms with Crippen molar-refractivity contribution in [3.05, 3.63) is 71.8 Å². The molecule has 1 aliphatic heterocycles. The third kappa shape index (κ3) is 3.89.